The molecule has 110 valence electrons. The molecule has 5 nitrogen and oxygen atoms in total. The monoisotopic (exact) mass is 269 g/mol. The van der Waals surface area contributed by atoms with Gasteiger partial charge in [-0.05, 0) is 20.5 Å². The lowest BCUT2D eigenvalue weighted by molar-refractivity contribution is -0.127. The molecular formula is C14H27N3O2. The third-order valence-corrected chi connectivity index (χ3v) is 3.90. The van der Waals surface area contributed by atoms with Crippen molar-refractivity contribution in [2.45, 2.75) is 12.8 Å². The average Bonchev–Trinajstić information content (AvgIpc) is 2.62. The zero-order chi connectivity index (χ0) is 13.7. The van der Waals surface area contributed by atoms with Crippen molar-refractivity contribution >= 4 is 5.91 Å². The van der Waals surface area contributed by atoms with Crippen LogP contribution >= 0.6 is 0 Å². The van der Waals surface area contributed by atoms with Crippen LogP contribution in [0.15, 0.2) is 0 Å². The summed E-state index contributed by atoms with van der Waals surface area (Å²) in [5, 5.41) is 0. The van der Waals surface area contributed by atoms with E-state index in [2.05, 4.69) is 23.9 Å². The number of likely N-dealkylation sites (tertiary alicyclic amines) is 1. The molecule has 0 spiro atoms. The van der Waals surface area contributed by atoms with Crippen LogP contribution in [0.4, 0.5) is 0 Å². The fraction of sp³-hybridized carbons (Fsp3) is 0.929. The summed E-state index contributed by atoms with van der Waals surface area (Å²) in [6.07, 6.45) is 1.78. The topological polar surface area (TPSA) is 36.0 Å². The minimum absolute atomic E-state index is 0.330. The van der Waals surface area contributed by atoms with Crippen LogP contribution in [-0.4, -0.2) is 87.2 Å². The third kappa shape index (κ3) is 4.75. The molecule has 1 amide bonds. The van der Waals surface area contributed by atoms with E-state index >= 15 is 0 Å². The smallest absolute Gasteiger partial charge is 0.222 e. The van der Waals surface area contributed by atoms with Gasteiger partial charge in [0.25, 0.3) is 0 Å². The molecule has 1 atom stereocenters. The molecule has 0 bridgehead atoms. The van der Waals surface area contributed by atoms with Crippen LogP contribution in [0.5, 0.6) is 0 Å². The summed E-state index contributed by atoms with van der Waals surface area (Å²) in [5.74, 6) is 0.905. The van der Waals surface area contributed by atoms with Gasteiger partial charge in [-0.2, -0.15) is 0 Å². The Bertz CT molecular complexity index is 296. The van der Waals surface area contributed by atoms with Crippen molar-refractivity contribution in [3.8, 4) is 0 Å². The molecule has 2 saturated heterocycles. The molecule has 2 rings (SSSR count). The summed E-state index contributed by atoms with van der Waals surface area (Å²) in [6.45, 7) is 7.64. The number of nitrogens with zero attached hydrogens (tertiary/aromatic N) is 3. The van der Waals surface area contributed by atoms with Crippen molar-refractivity contribution in [1.29, 1.82) is 0 Å². The van der Waals surface area contributed by atoms with Gasteiger partial charge in [-0.3, -0.25) is 9.69 Å². The van der Waals surface area contributed by atoms with E-state index in [1.807, 2.05) is 4.90 Å². The van der Waals surface area contributed by atoms with Gasteiger partial charge in [0.1, 0.15) is 0 Å². The van der Waals surface area contributed by atoms with Crippen molar-refractivity contribution in [3.63, 3.8) is 0 Å². The summed E-state index contributed by atoms with van der Waals surface area (Å²) in [6, 6.07) is 0. The zero-order valence-electron chi connectivity index (χ0n) is 12.3. The van der Waals surface area contributed by atoms with Crippen LogP contribution in [-0.2, 0) is 9.53 Å². The van der Waals surface area contributed by atoms with Gasteiger partial charge in [0, 0.05) is 51.6 Å². The Labute approximate surface area is 116 Å². The number of rotatable bonds is 5. The molecule has 0 saturated carbocycles. The van der Waals surface area contributed by atoms with Gasteiger partial charge < -0.3 is 14.5 Å². The van der Waals surface area contributed by atoms with E-state index in [9.17, 15) is 4.79 Å². The predicted molar refractivity (Wildman–Crippen MR) is 75.1 cm³/mol. The van der Waals surface area contributed by atoms with Gasteiger partial charge >= 0.3 is 0 Å². The molecule has 0 N–H and O–H groups in total. The standard InChI is InChI=1S/C14H27N3O2/c1-15(2)10-13-11-16(8-9-19-12-13)6-7-17-5-3-4-14(17)18/h13H,3-12H2,1-2H3. The van der Waals surface area contributed by atoms with Gasteiger partial charge in [0.2, 0.25) is 5.91 Å². The lowest BCUT2D eigenvalue weighted by Crippen LogP contribution is -2.40. The van der Waals surface area contributed by atoms with Crippen LogP contribution in [0.25, 0.3) is 0 Å². The fourth-order valence-corrected chi connectivity index (χ4v) is 2.99. The number of ether oxygens (including phenoxy) is 1. The Hall–Kier alpha value is -0.650. The highest BCUT2D eigenvalue weighted by molar-refractivity contribution is 5.78. The molecule has 2 heterocycles. The summed E-state index contributed by atoms with van der Waals surface area (Å²) in [5.41, 5.74) is 0. The minimum Gasteiger partial charge on any atom is -0.380 e. The van der Waals surface area contributed by atoms with Crippen LogP contribution in [0.3, 0.4) is 0 Å². The molecule has 2 aliphatic heterocycles. The molecule has 0 aromatic rings. The number of amides is 1. The van der Waals surface area contributed by atoms with Crippen LogP contribution < -0.4 is 0 Å². The second kappa shape index (κ2) is 7.22. The highest BCUT2D eigenvalue weighted by Gasteiger charge is 2.23. The second-order valence-electron chi connectivity index (χ2n) is 5.99. The Kier molecular flexibility index (Phi) is 5.60. The van der Waals surface area contributed by atoms with Gasteiger partial charge in [-0.15, -0.1) is 0 Å². The van der Waals surface area contributed by atoms with Gasteiger partial charge in [-0.25, -0.2) is 0 Å². The molecule has 0 radical (unpaired) electrons. The maximum Gasteiger partial charge on any atom is 0.222 e. The summed E-state index contributed by atoms with van der Waals surface area (Å²) in [4.78, 5) is 18.3. The normalized spacial score (nSPS) is 26.2. The quantitative estimate of drug-likeness (QED) is 0.710. The molecule has 5 heteroatoms. The second-order valence-corrected chi connectivity index (χ2v) is 5.99. The summed E-state index contributed by atoms with van der Waals surface area (Å²) < 4.78 is 5.68. The van der Waals surface area contributed by atoms with Gasteiger partial charge in [-0.1, -0.05) is 0 Å². The van der Waals surface area contributed by atoms with E-state index in [0.717, 1.165) is 65.3 Å². The molecule has 0 aromatic heterocycles. The Morgan fingerprint density at radius 2 is 2.16 bits per heavy atom. The van der Waals surface area contributed by atoms with Gasteiger partial charge in [0.15, 0.2) is 0 Å². The first kappa shape index (κ1) is 14.8. The van der Waals surface area contributed by atoms with E-state index < -0.39 is 0 Å². The van der Waals surface area contributed by atoms with Crippen LogP contribution in [0, 0.1) is 5.92 Å². The van der Waals surface area contributed by atoms with Crippen LogP contribution in [0.2, 0.25) is 0 Å². The lowest BCUT2D eigenvalue weighted by Gasteiger charge is -2.27. The zero-order valence-corrected chi connectivity index (χ0v) is 12.3. The molecule has 0 aromatic carbocycles. The van der Waals surface area contributed by atoms with E-state index in [0.29, 0.717) is 11.8 Å². The van der Waals surface area contributed by atoms with Crippen molar-refractivity contribution in [1.82, 2.24) is 14.7 Å². The number of carbonyl (C=O) groups excluding carboxylic acids is 1. The summed E-state index contributed by atoms with van der Waals surface area (Å²) >= 11 is 0. The van der Waals surface area contributed by atoms with Crippen molar-refractivity contribution in [3.05, 3.63) is 0 Å². The molecule has 2 fully saturated rings. The number of hydrogen-bond acceptors (Lipinski definition) is 4. The Balaban J connectivity index is 1.76. The molecular weight excluding hydrogens is 242 g/mol. The van der Waals surface area contributed by atoms with Gasteiger partial charge in [0.05, 0.1) is 13.2 Å². The fourth-order valence-electron chi connectivity index (χ4n) is 2.99. The first-order chi connectivity index (χ1) is 9.15. The van der Waals surface area contributed by atoms with E-state index in [-0.39, 0.29) is 0 Å². The highest BCUT2D eigenvalue weighted by atomic mass is 16.5. The SMILES string of the molecule is CN(C)CC1COCCN(CCN2CCCC2=O)C1. The van der Waals surface area contributed by atoms with Crippen molar-refractivity contribution < 1.29 is 9.53 Å². The Morgan fingerprint density at radius 3 is 2.84 bits per heavy atom. The van der Waals surface area contributed by atoms with Crippen molar-refractivity contribution in [2.24, 2.45) is 5.92 Å². The molecule has 19 heavy (non-hydrogen) atoms. The maximum atomic E-state index is 11.6. The van der Waals surface area contributed by atoms with Crippen LogP contribution in [0.1, 0.15) is 12.8 Å². The van der Waals surface area contributed by atoms with E-state index in [1.165, 1.54) is 0 Å². The highest BCUT2D eigenvalue weighted by Crippen LogP contribution is 2.11. The first-order valence-electron chi connectivity index (χ1n) is 7.38. The maximum absolute atomic E-state index is 11.6. The minimum atomic E-state index is 0.330. The molecule has 2 aliphatic rings. The first-order valence-corrected chi connectivity index (χ1v) is 7.38. The molecule has 0 aliphatic carbocycles. The Morgan fingerprint density at radius 1 is 1.32 bits per heavy atom. The van der Waals surface area contributed by atoms with E-state index in [1.54, 1.807) is 0 Å². The number of carbonyl (C=O) groups is 1. The van der Waals surface area contributed by atoms with Crippen molar-refractivity contribution in [2.75, 3.05) is 66.6 Å². The number of hydrogen-bond donors (Lipinski definition) is 0. The largest absolute Gasteiger partial charge is 0.380 e. The third-order valence-electron chi connectivity index (χ3n) is 3.90. The lowest BCUT2D eigenvalue weighted by atomic mass is 10.1. The van der Waals surface area contributed by atoms with E-state index in [4.69, 9.17) is 4.74 Å². The summed E-state index contributed by atoms with van der Waals surface area (Å²) in [7, 11) is 4.22. The predicted octanol–water partition coefficient (Wildman–Crippen LogP) is 0.119. The molecule has 1 unspecified atom stereocenters. The average molecular weight is 269 g/mol.